The summed E-state index contributed by atoms with van der Waals surface area (Å²) >= 11 is 0. The van der Waals surface area contributed by atoms with Crippen molar-refractivity contribution in [2.45, 2.75) is 20.3 Å². The zero-order valence-corrected chi connectivity index (χ0v) is 13.9. The van der Waals surface area contributed by atoms with Crippen molar-refractivity contribution in [1.82, 2.24) is 4.90 Å². The molecule has 1 N–H and O–H groups in total. The first-order valence-electron chi connectivity index (χ1n) is 7.90. The van der Waals surface area contributed by atoms with Gasteiger partial charge in [-0.1, -0.05) is 26.0 Å². The molecule has 0 bridgehead atoms. The standard InChI is InChI=1S/C17H22N2O5/c1-12(2)9-18(8-7-17(22)23)15(20)10-19-13-5-3-4-6-14(13)24-11-16(19)21/h3-6,12H,7-11H2,1-2H3,(H,22,23). The number of carboxylic acid groups (broad SMARTS) is 1. The minimum Gasteiger partial charge on any atom is -0.482 e. The van der Waals surface area contributed by atoms with Crippen molar-refractivity contribution in [3.8, 4) is 5.75 Å². The fourth-order valence-corrected chi connectivity index (χ4v) is 2.55. The molecule has 0 aromatic heterocycles. The monoisotopic (exact) mass is 334 g/mol. The summed E-state index contributed by atoms with van der Waals surface area (Å²) in [5.41, 5.74) is 0.560. The predicted molar refractivity (Wildman–Crippen MR) is 88.0 cm³/mol. The van der Waals surface area contributed by atoms with E-state index in [1.807, 2.05) is 13.8 Å². The van der Waals surface area contributed by atoms with Crippen LogP contribution >= 0.6 is 0 Å². The Morgan fingerprint density at radius 3 is 2.71 bits per heavy atom. The number of benzene rings is 1. The molecule has 0 fully saturated rings. The Kier molecular flexibility index (Phi) is 5.78. The van der Waals surface area contributed by atoms with Gasteiger partial charge in [0.1, 0.15) is 12.3 Å². The number of anilines is 1. The Hall–Kier alpha value is -2.57. The molecule has 0 radical (unpaired) electrons. The molecule has 7 nitrogen and oxygen atoms in total. The lowest BCUT2D eigenvalue weighted by Crippen LogP contribution is -2.47. The van der Waals surface area contributed by atoms with Gasteiger partial charge in [-0.05, 0) is 18.1 Å². The SMILES string of the molecule is CC(C)CN(CCC(=O)O)C(=O)CN1C(=O)COc2ccccc21. The molecule has 1 aliphatic rings. The molecule has 1 aromatic carbocycles. The smallest absolute Gasteiger partial charge is 0.305 e. The van der Waals surface area contributed by atoms with E-state index < -0.39 is 5.97 Å². The quantitative estimate of drug-likeness (QED) is 0.814. The van der Waals surface area contributed by atoms with Crippen molar-refractivity contribution in [3.05, 3.63) is 24.3 Å². The second kappa shape index (κ2) is 7.81. The normalized spacial score (nSPS) is 13.5. The number of aliphatic carboxylic acids is 1. The first-order valence-corrected chi connectivity index (χ1v) is 7.90. The van der Waals surface area contributed by atoms with Gasteiger partial charge in [0.05, 0.1) is 12.1 Å². The Bertz CT molecular complexity index is 629. The maximum atomic E-state index is 12.6. The third-order valence-corrected chi connectivity index (χ3v) is 3.64. The largest absolute Gasteiger partial charge is 0.482 e. The van der Waals surface area contributed by atoms with E-state index in [9.17, 15) is 14.4 Å². The average molecular weight is 334 g/mol. The van der Waals surface area contributed by atoms with Crippen LogP contribution in [0.2, 0.25) is 0 Å². The van der Waals surface area contributed by atoms with Crippen molar-refractivity contribution in [3.63, 3.8) is 0 Å². The van der Waals surface area contributed by atoms with Crippen LogP contribution in [-0.2, 0) is 14.4 Å². The van der Waals surface area contributed by atoms with Crippen molar-refractivity contribution < 1.29 is 24.2 Å². The van der Waals surface area contributed by atoms with E-state index >= 15 is 0 Å². The lowest BCUT2D eigenvalue weighted by atomic mass is 10.2. The third-order valence-electron chi connectivity index (χ3n) is 3.64. The number of hydrogen-bond donors (Lipinski definition) is 1. The fraction of sp³-hybridized carbons (Fsp3) is 0.471. The van der Waals surface area contributed by atoms with Crippen molar-refractivity contribution in [1.29, 1.82) is 0 Å². The van der Waals surface area contributed by atoms with Gasteiger partial charge in [0, 0.05) is 13.1 Å². The number of hydrogen-bond acceptors (Lipinski definition) is 4. The molecule has 1 aromatic rings. The number of amides is 2. The second-order valence-corrected chi connectivity index (χ2v) is 6.11. The summed E-state index contributed by atoms with van der Waals surface area (Å²) in [7, 11) is 0. The summed E-state index contributed by atoms with van der Waals surface area (Å²) < 4.78 is 5.36. The molecule has 2 amide bonds. The Balaban J connectivity index is 2.13. The van der Waals surface area contributed by atoms with Gasteiger partial charge in [-0.2, -0.15) is 0 Å². The predicted octanol–water partition coefficient (Wildman–Crippen LogP) is 1.37. The molecule has 0 atom stereocenters. The van der Waals surface area contributed by atoms with Gasteiger partial charge >= 0.3 is 5.97 Å². The molecule has 0 unspecified atom stereocenters. The van der Waals surface area contributed by atoms with E-state index in [-0.39, 0.29) is 43.8 Å². The number of rotatable bonds is 7. The van der Waals surface area contributed by atoms with Crippen LogP contribution in [0.15, 0.2) is 24.3 Å². The van der Waals surface area contributed by atoms with E-state index in [1.54, 1.807) is 24.3 Å². The molecule has 7 heteroatoms. The molecular weight excluding hydrogens is 312 g/mol. The summed E-state index contributed by atoms with van der Waals surface area (Å²) in [6, 6.07) is 7.04. The highest BCUT2D eigenvalue weighted by Crippen LogP contribution is 2.31. The topological polar surface area (TPSA) is 87.2 Å². The van der Waals surface area contributed by atoms with Gasteiger partial charge in [-0.15, -0.1) is 0 Å². The lowest BCUT2D eigenvalue weighted by molar-refractivity contribution is -0.139. The van der Waals surface area contributed by atoms with Gasteiger partial charge in [0.25, 0.3) is 5.91 Å². The minimum absolute atomic E-state index is 0.108. The van der Waals surface area contributed by atoms with Gasteiger partial charge in [0.15, 0.2) is 6.61 Å². The van der Waals surface area contributed by atoms with E-state index in [4.69, 9.17) is 9.84 Å². The van der Waals surface area contributed by atoms with E-state index in [0.717, 1.165) is 0 Å². The van der Waals surface area contributed by atoms with Crippen LogP contribution in [0, 0.1) is 5.92 Å². The highest BCUT2D eigenvalue weighted by Gasteiger charge is 2.28. The van der Waals surface area contributed by atoms with Crippen LogP contribution in [0.25, 0.3) is 0 Å². The summed E-state index contributed by atoms with van der Waals surface area (Å²) in [6.45, 7) is 4.26. The molecule has 0 saturated heterocycles. The molecule has 0 spiro atoms. The highest BCUT2D eigenvalue weighted by molar-refractivity contribution is 6.02. The summed E-state index contributed by atoms with van der Waals surface area (Å²) in [6.07, 6.45) is -0.119. The molecule has 24 heavy (non-hydrogen) atoms. The van der Waals surface area contributed by atoms with Crippen LogP contribution in [-0.4, -0.2) is 54.0 Å². The van der Waals surface area contributed by atoms with Gasteiger partial charge in [0.2, 0.25) is 5.91 Å². The number of ether oxygens (including phenoxy) is 1. The number of nitrogens with zero attached hydrogens (tertiary/aromatic N) is 2. The zero-order valence-electron chi connectivity index (χ0n) is 13.9. The molecule has 130 valence electrons. The Morgan fingerprint density at radius 2 is 2.04 bits per heavy atom. The van der Waals surface area contributed by atoms with Crippen LogP contribution in [0.4, 0.5) is 5.69 Å². The zero-order chi connectivity index (χ0) is 17.7. The first-order chi connectivity index (χ1) is 11.4. The number of carbonyl (C=O) groups excluding carboxylic acids is 2. The van der Waals surface area contributed by atoms with Gasteiger partial charge in [-0.25, -0.2) is 0 Å². The number of carbonyl (C=O) groups is 3. The third kappa shape index (κ3) is 4.47. The van der Waals surface area contributed by atoms with Crippen LogP contribution < -0.4 is 9.64 Å². The summed E-state index contributed by atoms with van der Waals surface area (Å²) in [5, 5.41) is 8.85. The van der Waals surface area contributed by atoms with E-state index in [1.165, 1.54) is 9.80 Å². The minimum atomic E-state index is -0.954. The molecule has 2 rings (SSSR count). The Morgan fingerprint density at radius 1 is 1.33 bits per heavy atom. The highest BCUT2D eigenvalue weighted by atomic mass is 16.5. The molecule has 1 aliphatic heterocycles. The van der Waals surface area contributed by atoms with Crippen LogP contribution in [0.5, 0.6) is 5.75 Å². The summed E-state index contributed by atoms with van der Waals surface area (Å²) in [5.74, 6) is -0.745. The maximum Gasteiger partial charge on any atom is 0.305 e. The van der Waals surface area contributed by atoms with Crippen LogP contribution in [0.3, 0.4) is 0 Å². The van der Waals surface area contributed by atoms with Gasteiger partial charge < -0.3 is 14.7 Å². The van der Waals surface area contributed by atoms with E-state index in [2.05, 4.69) is 0 Å². The molecular formula is C17H22N2O5. The van der Waals surface area contributed by atoms with E-state index in [0.29, 0.717) is 18.0 Å². The van der Waals surface area contributed by atoms with Crippen molar-refractivity contribution >= 4 is 23.5 Å². The van der Waals surface area contributed by atoms with Crippen molar-refractivity contribution in [2.24, 2.45) is 5.92 Å². The molecule has 0 aliphatic carbocycles. The molecule has 0 saturated carbocycles. The second-order valence-electron chi connectivity index (χ2n) is 6.11. The maximum absolute atomic E-state index is 12.6. The van der Waals surface area contributed by atoms with Crippen LogP contribution in [0.1, 0.15) is 20.3 Å². The average Bonchev–Trinajstić information content (AvgIpc) is 2.53. The molecule has 1 heterocycles. The van der Waals surface area contributed by atoms with Gasteiger partial charge in [-0.3, -0.25) is 19.3 Å². The fourth-order valence-electron chi connectivity index (χ4n) is 2.55. The number of carboxylic acids is 1. The first kappa shape index (κ1) is 17.8. The number of para-hydroxylation sites is 2. The van der Waals surface area contributed by atoms with Crippen molar-refractivity contribution in [2.75, 3.05) is 31.1 Å². The Labute approximate surface area is 140 Å². The summed E-state index contributed by atoms with van der Waals surface area (Å²) in [4.78, 5) is 38.5. The number of fused-ring (bicyclic) bond motifs is 1. The lowest BCUT2D eigenvalue weighted by Gasteiger charge is -2.31.